The minimum absolute atomic E-state index is 0.158. The van der Waals surface area contributed by atoms with Crippen molar-refractivity contribution in [1.82, 2.24) is 4.98 Å². The van der Waals surface area contributed by atoms with Crippen molar-refractivity contribution in [3.63, 3.8) is 0 Å². The van der Waals surface area contributed by atoms with Crippen molar-refractivity contribution in [2.75, 3.05) is 17.7 Å². The Morgan fingerprint density at radius 3 is 2.63 bits per heavy atom. The van der Waals surface area contributed by atoms with Gasteiger partial charge in [0.25, 0.3) is 5.91 Å². The molecule has 0 radical (unpaired) electrons. The first-order valence-electron chi connectivity index (χ1n) is 5.50. The van der Waals surface area contributed by atoms with Crippen molar-refractivity contribution in [1.29, 1.82) is 0 Å². The normalized spacial score (nSPS) is 10.1. The third-order valence-electron chi connectivity index (χ3n) is 2.44. The predicted molar refractivity (Wildman–Crippen MR) is 75.8 cm³/mol. The molecular formula is C13H11BrFN3O. The zero-order valence-corrected chi connectivity index (χ0v) is 11.7. The average Bonchev–Trinajstić information content (AvgIpc) is 2.41. The molecule has 2 aromatic rings. The number of pyridine rings is 1. The van der Waals surface area contributed by atoms with E-state index >= 15 is 0 Å². The molecule has 0 aliphatic carbocycles. The van der Waals surface area contributed by atoms with Crippen LogP contribution in [-0.2, 0) is 0 Å². The fourth-order valence-electron chi connectivity index (χ4n) is 1.54. The lowest BCUT2D eigenvalue weighted by atomic mass is 10.2. The van der Waals surface area contributed by atoms with Crippen LogP contribution in [0.25, 0.3) is 0 Å². The fraction of sp³-hybridized carbons (Fsp3) is 0.0769. The van der Waals surface area contributed by atoms with Gasteiger partial charge in [0.1, 0.15) is 11.6 Å². The van der Waals surface area contributed by atoms with Crippen LogP contribution >= 0.6 is 15.9 Å². The van der Waals surface area contributed by atoms with Gasteiger partial charge in [-0.1, -0.05) is 15.9 Å². The summed E-state index contributed by atoms with van der Waals surface area (Å²) in [6.45, 7) is 0. The molecule has 0 aliphatic rings. The molecule has 4 nitrogen and oxygen atoms in total. The molecule has 1 amide bonds. The SMILES string of the molecule is CNc1ncc(F)cc1C(=O)Nc1ccc(Br)cc1. The minimum atomic E-state index is -0.556. The lowest BCUT2D eigenvalue weighted by Crippen LogP contribution is -2.15. The van der Waals surface area contributed by atoms with Gasteiger partial charge in [0.15, 0.2) is 0 Å². The van der Waals surface area contributed by atoms with Crippen molar-refractivity contribution in [3.8, 4) is 0 Å². The third kappa shape index (κ3) is 3.29. The summed E-state index contributed by atoms with van der Waals surface area (Å²) in [5.41, 5.74) is 0.782. The van der Waals surface area contributed by atoms with Crippen LogP contribution in [-0.4, -0.2) is 17.9 Å². The first kappa shape index (κ1) is 13.5. The summed E-state index contributed by atoms with van der Waals surface area (Å²) in [5, 5.41) is 5.43. The molecule has 0 saturated heterocycles. The van der Waals surface area contributed by atoms with Gasteiger partial charge in [-0.3, -0.25) is 4.79 Å². The number of hydrogen-bond donors (Lipinski definition) is 2. The van der Waals surface area contributed by atoms with Gasteiger partial charge in [-0.2, -0.15) is 0 Å². The average molecular weight is 324 g/mol. The second-order valence-electron chi connectivity index (χ2n) is 3.76. The summed E-state index contributed by atoms with van der Waals surface area (Å²) < 4.78 is 14.1. The third-order valence-corrected chi connectivity index (χ3v) is 2.97. The van der Waals surface area contributed by atoms with Crippen LogP contribution in [0.5, 0.6) is 0 Å². The number of hydrogen-bond acceptors (Lipinski definition) is 3. The molecule has 2 rings (SSSR count). The predicted octanol–water partition coefficient (Wildman–Crippen LogP) is 3.28. The molecule has 1 aromatic carbocycles. The lowest BCUT2D eigenvalue weighted by Gasteiger charge is -2.09. The highest BCUT2D eigenvalue weighted by Crippen LogP contribution is 2.18. The van der Waals surface area contributed by atoms with Crippen LogP contribution in [0.3, 0.4) is 0 Å². The van der Waals surface area contributed by atoms with Crippen molar-refractivity contribution in [3.05, 3.63) is 52.4 Å². The summed E-state index contributed by atoms with van der Waals surface area (Å²) in [6.07, 6.45) is 1.06. The van der Waals surface area contributed by atoms with Crippen LogP contribution in [0, 0.1) is 5.82 Å². The molecule has 98 valence electrons. The number of aromatic nitrogens is 1. The Bertz CT molecular complexity index is 601. The Morgan fingerprint density at radius 2 is 2.00 bits per heavy atom. The Hall–Kier alpha value is -1.95. The number of anilines is 2. The topological polar surface area (TPSA) is 54.0 Å². The highest BCUT2D eigenvalue weighted by molar-refractivity contribution is 9.10. The molecule has 1 heterocycles. The first-order chi connectivity index (χ1) is 9.10. The Labute approximate surface area is 118 Å². The number of amides is 1. The Kier molecular flexibility index (Phi) is 4.11. The van der Waals surface area contributed by atoms with E-state index in [1.54, 1.807) is 31.3 Å². The number of nitrogens with one attached hydrogen (secondary N) is 2. The largest absolute Gasteiger partial charge is 0.372 e. The maximum atomic E-state index is 13.2. The van der Waals surface area contributed by atoms with Crippen LogP contribution < -0.4 is 10.6 Å². The zero-order valence-electron chi connectivity index (χ0n) is 10.1. The van der Waals surface area contributed by atoms with Gasteiger partial charge in [0.05, 0.1) is 11.8 Å². The molecule has 0 fully saturated rings. The summed E-state index contributed by atoms with van der Waals surface area (Å²) in [6, 6.07) is 8.24. The molecule has 1 aromatic heterocycles. The maximum absolute atomic E-state index is 13.2. The monoisotopic (exact) mass is 323 g/mol. The van der Waals surface area contributed by atoms with E-state index in [1.165, 1.54) is 0 Å². The van der Waals surface area contributed by atoms with E-state index in [1.807, 2.05) is 0 Å². The van der Waals surface area contributed by atoms with Crippen LogP contribution in [0.15, 0.2) is 41.0 Å². The van der Waals surface area contributed by atoms with Crippen LogP contribution in [0.1, 0.15) is 10.4 Å². The highest BCUT2D eigenvalue weighted by atomic mass is 79.9. The molecule has 2 N–H and O–H groups in total. The van der Waals surface area contributed by atoms with E-state index in [4.69, 9.17) is 0 Å². The molecule has 0 spiro atoms. The van der Waals surface area contributed by atoms with E-state index in [-0.39, 0.29) is 5.56 Å². The minimum Gasteiger partial charge on any atom is -0.372 e. The summed E-state index contributed by atoms with van der Waals surface area (Å²) in [7, 11) is 1.62. The van der Waals surface area contributed by atoms with E-state index in [9.17, 15) is 9.18 Å². The summed E-state index contributed by atoms with van der Waals surface area (Å²) in [5.74, 6) is -0.644. The zero-order chi connectivity index (χ0) is 13.8. The smallest absolute Gasteiger partial charge is 0.259 e. The number of rotatable bonds is 3. The lowest BCUT2D eigenvalue weighted by molar-refractivity contribution is 0.102. The van der Waals surface area contributed by atoms with Gasteiger partial charge < -0.3 is 10.6 Å². The Morgan fingerprint density at radius 1 is 1.32 bits per heavy atom. The number of carbonyl (C=O) groups is 1. The molecule has 0 saturated carbocycles. The number of nitrogens with zero attached hydrogens (tertiary/aromatic N) is 1. The quantitative estimate of drug-likeness (QED) is 0.911. The van der Waals surface area contributed by atoms with Crippen molar-refractivity contribution < 1.29 is 9.18 Å². The molecule has 0 bridgehead atoms. The standard InChI is InChI=1S/C13H11BrFN3O/c1-16-12-11(6-9(15)7-17-12)13(19)18-10-4-2-8(14)3-5-10/h2-7H,1H3,(H,16,17)(H,18,19). The molecule has 0 unspecified atom stereocenters. The Balaban J connectivity index is 2.24. The number of carbonyl (C=O) groups excluding carboxylic acids is 1. The van der Waals surface area contributed by atoms with E-state index in [0.29, 0.717) is 11.5 Å². The first-order valence-corrected chi connectivity index (χ1v) is 6.29. The van der Waals surface area contributed by atoms with E-state index in [0.717, 1.165) is 16.7 Å². The van der Waals surface area contributed by atoms with E-state index < -0.39 is 11.7 Å². The van der Waals surface area contributed by atoms with Gasteiger partial charge in [-0.05, 0) is 30.3 Å². The number of benzene rings is 1. The van der Waals surface area contributed by atoms with Crippen molar-refractivity contribution in [2.45, 2.75) is 0 Å². The van der Waals surface area contributed by atoms with Gasteiger partial charge in [0, 0.05) is 17.2 Å². The molecule has 0 aliphatic heterocycles. The van der Waals surface area contributed by atoms with Crippen molar-refractivity contribution in [2.24, 2.45) is 0 Å². The van der Waals surface area contributed by atoms with Crippen molar-refractivity contribution >= 4 is 33.3 Å². The van der Waals surface area contributed by atoms with Crippen LogP contribution in [0.4, 0.5) is 15.9 Å². The van der Waals surface area contributed by atoms with E-state index in [2.05, 4.69) is 31.5 Å². The second-order valence-corrected chi connectivity index (χ2v) is 4.68. The molecule has 0 atom stereocenters. The van der Waals surface area contributed by atoms with Gasteiger partial charge >= 0.3 is 0 Å². The molecule has 19 heavy (non-hydrogen) atoms. The molecule has 6 heteroatoms. The van der Waals surface area contributed by atoms with Gasteiger partial charge in [-0.15, -0.1) is 0 Å². The second kappa shape index (κ2) is 5.79. The van der Waals surface area contributed by atoms with Gasteiger partial charge in [-0.25, -0.2) is 9.37 Å². The maximum Gasteiger partial charge on any atom is 0.259 e. The van der Waals surface area contributed by atoms with Gasteiger partial charge in [0.2, 0.25) is 0 Å². The summed E-state index contributed by atoms with van der Waals surface area (Å²) in [4.78, 5) is 15.9. The van der Waals surface area contributed by atoms with Crippen LogP contribution in [0.2, 0.25) is 0 Å². The fourth-order valence-corrected chi connectivity index (χ4v) is 1.81. The highest BCUT2D eigenvalue weighted by Gasteiger charge is 2.13. The molecular weight excluding hydrogens is 313 g/mol. The summed E-state index contributed by atoms with van der Waals surface area (Å²) >= 11 is 3.31. The number of halogens is 2.